The third-order valence-electron chi connectivity index (χ3n) is 3.81. The van der Waals surface area contributed by atoms with Crippen molar-refractivity contribution in [3.8, 4) is 0 Å². The fourth-order valence-corrected chi connectivity index (χ4v) is 2.74. The molecule has 1 unspecified atom stereocenters. The van der Waals surface area contributed by atoms with E-state index in [1.54, 1.807) is 23.1 Å². The molecule has 1 amide bonds. The maximum Gasteiger partial charge on any atom is 0.276 e. The lowest BCUT2D eigenvalue weighted by atomic mass is 10.0. The average Bonchev–Trinajstić information content (AvgIpc) is 3.19. The van der Waals surface area contributed by atoms with Crippen molar-refractivity contribution in [1.29, 1.82) is 0 Å². The lowest BCUT2D eigenvalue weighted by Gasteiger charge is -2.23. The number of likely N-dealkylation sites (tertiary alicyclic amines) is 1. The number of carbonyl (C=O) groups excluding carboxylic acids is 2. The van der Waals surface area contributed by atoms with E-state index in [0.717, 1.165) is 12.8 Å². The van der Waals surface area contributed by atoms with Gasteiger partial charge in [-0.3, -0.25) is 9.59 Å². The molecule has 1 aromatic heterocycles. The van der Waals surface area contributed by atoms with Crippen LogP contribution in [-0.4, -0.2) is 34.3 Å². The highest BCUT2D eigenvalue weighted by atomic mass is 16.5. The van der Waals surface area contributed by atoms with E-state index in [4.69, 9.17) is 4.52 Å². The monoisotopic (exact) mass is 284 g/mol. The Morgan fingerprint density at radius 3 is 2.76 bits per heavy atom. The maximum absolute atomic E-state index is 12.3. The standard InChI is InChI=1S/C16H16N2O3/c19-15(12-5-2-1-3-6-12)11-13-7-4-9-18(13)16(20)14-8-10-21-17-14/h1-3,5-6,8,10,13H,4,7,9,11H2. The van der Waals surface area contributed by atoms with Crippen molar-refractivity contribution in [3.63, 3.8) is 0 Å². The number of carbonyl (C=O) groups is 2. The van der Waals surface area contributed by atoms with E-state index < -0.39 is 0 Å². The van der Waals surface area contributed by atoms with E-state index >= 15 is 0 Å². The Bertz CT molecular complexity index is 622. The number of aromatic nitrogens is 1. The van der Waals surface area contributed by atoms with Crippen LogP contribution in [0.3, 0.4) is 0 Å². The van der Waals surface area contributed by atoms with Crippen LogP contribution in [0.25, 0.3) is 0 Å². The first-order valence-corrected chi connectivity index (χ1v) is 7.05. The van der Waals surface area contributed by atoms with Crippen molar-refractivity contribution in [3.05, 3.63) is 53.9 Å². The summed E-state index contributed by atoms with van der Waals surface area (Å²) >= 11 is 0. The molecule has 0 saturated carbocycles. The molecule has 21 heavy (non-hydrogen) atoms. The number of amides is 1. The number of nitrogens with zero attached hydrogens (tertiary/aromatic N) is 2. The molecule has 2 aromatic rings. The number of rotatable bonds is 4. The Morgan fingerprint density at radius 1 is 1.24 bits per heavy atom. The molecule has 0 spiro atoms. The summed E-state index contributed by atoms with van der Waals surface area (Å²) in [4.78, 5) is 26.3. The molecule has 2 heterocycles. The average molecular weight is 284 g/mol. The molecular formula is C16H16N2O3. The second kappa shape index (κ2) is 5.91. The van der Waals surface area contributed by atoms with Gasteiger partial charge in [0.05, 0.1) is 0 Å². The lowest BCUT2D eigenvalue weighted by molar-refractivity contribution is 0.0707. The van der Waals surface area contributed by atoms with Crippen LogP contribution in [0.2, 0.25) is 0 Å². The molecule has 1 atom stereocenters. The van der Waals surface area contributed by atoms with Crippen molar-refractivity contribution >= 4 is 11.7 Å². The summed E-state index contributed by atoms with van der Waals surface area (Å²) in [5, 5.41) is 3.68. The van der Waals surface area contributed by atoms with Crippen molar-refractivity contribution in [2.75, 3.05) is 6.54 Å². The van der Waals surface area contributed by atoms with Crippen molar-refractivity contribution in [2.24, 2.45) is 0 Å². The molecule has 1 aliphatic heterocycles. The lowest BCUT2D eigenvalue weighted by Crippen LogP contribution is -2.37. The van der Waals surface area contributed by atoms with Gasteiger partial charge in [0.1, 0.15) is 6.26 Å². The molecule has 5 heteroatoms. The zero-order chi connectivity index (χ0) is 14.7. The first-order valence-electron chi connectivity index (χ1n) is 7.05. The molecule has 0 bridgehead atoms. The van der Waals surface area contributed by atoms with Gasteiger partial charge < -0.3 is 9.42 Å². The molecule has 5 nitrogen and oxygen atoms in total. The zero-order valence-electron chi connectivity index (χ0n) is 11.6. The van der Waals surface area contributed by atoms with Gasteiger partial charge >= 0.3 is 0 Å². The van der Waals surface area contributed by atoms with Crippen LogP contribution in [0.4, 0.5) is 0 Å². The van der Waals surface area contributed by atoms with E-state index in [0.29, 0.717) is 24.2 Å². The van der Waals surface area contributed by atoms with Gasteiger partial charge in [0.15, 0.2) is 11.5 Å². The largest absolute Gasteiger partial charge is 0.364 e. The minimum atomic E-state index is -0.160. The third-order valence-corrected chi connectivity index (χ3v) is 3.81. The number of Topliss-reactive ketones (excluding diaryl/α,β-unsaturated/α-hetero) is 1. The van der Waals surface area contributed by atoms with Gasteiger partial charge in [0, 0.05) is 30.6 Å². The van der Waals surface area contributed by atoms with Crippen molar-refractivity contribution in [2.45, 2.75) is 25.3 Å². The third kappa shape index (κ3) is 2.86. The first kappa shape index (κ1) is 13.5. The second-order valence-corrected chi connectivity index (χ2v) is 5.17. The summed E-state index contributed by atoms with van der Waals surface area (Å²) in [5.74, 6) is -0.0902. The van der Waals surface area contributed by atoms with Crippen LogP contribution in [0, 0.1) is 0 Å². The Morgan fingerprint density at radius 2 is 2.05 bits per heavy atom. The Kier molecular flexibility index (Phi) is 3.81. The Balaban J connectivity index is 1.70. The molecular weight excluding hydrogens is 268 g/mol. The summed E-state index contributed by atoms with van der Waals surface area (Å²) in [7, 11) is 0. The van der Waals surface area contributed by atoms with Crippen molar-refractivity contribution < 1.29 is 14.1 Å². The van der Waals surface area contributed by atoms with E-state index in [9.17, 15) is 9.59 Å². The van der Waals surface area contributed by atoms with E-state index in [-0.39, 0.29) is 17.7 Å². The molecule has 1 fully saturated rings. The molecule has 0 N–H and O–H groups in total. The maximum atomic E-state index is 12.3. The number of ketones is 1. The van der Waals surface area contributed by atoms with E-state index in [1.807, 2.05) is 18.2 Å². The molecule has 1 saturated heterocycles. The van der Waals surface area contributed by atoms with Gasteiger partial charge in [-0.05, 0) is 12.8 Å². The minimum Gasteiger partial charge on any atom is -0.364 e. The number of hydrogen-bond acceptors (Lipinski definition) is 4. The normalized spacial score (nSPS) is 17.9. The second-order valence-electron chi connectivity index (χ2n) is 5.17. The molecule has 0 radical (unpaired) electrons. The summed E-state index contributed by atoms with van der Waals surface area (Å²) in [6, 6.07) is 10.7. The summed E-state index contributed by atoms with van der Waals surface area (Å²) < 4.78 is 4.72. The van der Waals surface area contributed by atoms with E-state index in [1.165, 1.54) is 6.26 Å². The zero-order valence-corrected chi connectivity index (χ0v) is 11.6. The SMILES string of the molecule is O=C(CC1CCCN1C(=O)c1ccon1)c1ccccc1. The topological polar surface area (TPSA) is 63.4 Å². The number of hydrogen-bond donors (Lipinski definition) is 0. The summed E-state index contributed by atoms with van der Waals surface area (Å²) in [5.41, 5.74) is 0.993. The van der Waals surface area contributed by atoms with Crippen LogP contribution in [0.1, 0.15) is 40.1 Å². The van der Waals surface area contributed by atoms with Crippen LogP contribution in [-0.2, 0) is 0 Å². The van der Waals surface area contributed by atoms with Crippen LogP contribution < -0.4 is 0 Å². The van der Waals surface area contributed by atoms with Crippen LogP contribution in [0.5, 0.6) is 0 Å². The van der Waals surface area contributed by atoms with Gasteiger partial charge in [-0.2, -0.15) is 0 Å². The number of benzene rings is 1. The quantitative estimate of drug-likeness (QED) is 0.809. The highest BCUT2D eigenvalue weighted by Gasteiger charge is 2.32. The van der Waals surface area contributed by atoms with Gasteiger partial charge in [0.2, 0.25) is 0 Å². The highest BCUT2D eigenvalue weighted by molar-refractivity contribution is 5.97. The van der Waals surface area contributed by atoms with Gasteiger partial charge in [-0.15, -0.1) is 0 Å². The minimum absolute atomic E-state index is 0.0538. The van der Waals surface area contributed by atoms with E-state index in [2.05, 4.69) is 5.16 Å². The Hall–Kier alpha value is -2.43. The summed E-state index contributed by atoms with van der Waals surface area (Å²) in [6.45, 7) is 0.665. The van der Waals surface area contributed by atoms with Crippen LogP contribution in [0.15, 0.2) is 47.2 Å². The molecule has 1 aliphatic rings. The van der Waals surface area contributed by atoms with Crippen LogP contribution >= 0.6 is 0 Å². The molecule has 0 aliphatic carbocycles. The highest BCUT2D eigenvalue weighted by Crippen LogP contribution is 2.23. The smallest absolute Gasteiger partial charge is 0.276 e. The van der Waals surface area contributed by atoms with Gasteiger partial charge in [-0.25, -0.2) is 0 Å². The fraction of sp³-hybridized carbons (Fsp3) is 0.312. The first-order chi connectivity index (χ1) is 10.3. The predicted molar refractivity (Wildman–Crippen MR) is 76.0 cm³/mol. The molecule has 3 rings (SSSR count). The van der Waals surface area contributed by atoms with Gasteiger partial charge in [-0.1, -0.05) is 35.5 Å². The Labute approximate surface area is 122 Å². The fourth-order valence-electron chi connectivity index (χ4n) is 2.74. The molecule has 1 aromatic carbocycles. The van der Waals surface area contributed by atoms with Crippen molar-refractivity contribution in [1.82, 2.24) is 10.1 Å². The molecule has 108 valence electrons. The van der Waals surface area contributed by atoms with Gasteiger partial charge in [0.25, 0.3) is 5.91 Å². The summed E-state index contributed by atoms with van der Waals surface area (Å²) in [6.07, 6.45) is 3.50. The predicted octanol–water partition coefficient (Wildman–Crippen LogP) is 2.55.